The van der Waals surface area contributed by atoms with Crippen LogP contribution in [-0.2, 0) is 18.3 Å². The van der Waals surface area contributed by atoms with E-state index >= 15 is 0 Å². The van der Waals surface area contributed by atoms with Crippen LogP contribution >= 0.6 is 0 Å². The van der Waals surface area contributed by atoms with E-state index in [1.807, 2.05) is 18.5 Å². The molecule has 1 saturated heterocycles. The second-order valence-corrected chi connectivity index (χ2v) is 6.22. The first kappa shape index (κ1) is 18.7. The van der Waals surface area contributed by atoms with Crippen LogP contribution in [0.2, 0.25) is 0 Å². The third-order valence-corrected chi connectivity index (χ3v) is 4.38. The largest absolute Gasteiger partial charge is 0.379 e. The van der Waals surface area contributed by atoms with Gasteiger partial charge in [0.15, 0.2) is 11.8 Å². The maximum absolute atomic E-state index is 5.38. The zero-order valence-corrected chi connectivity index (χ0v) is 15.4. The van der Waals surface area contributed by atoms with Gasteiger partial charge >= 0.3 is 0 Å². The van der Waals surface area contributed by atoms with Gasteiger partial charge in [0.2, 0.25) is 0 Å². The van der Waals surface area contributed by atoms with Gasteiger partial charge in [-0.3, -0.25) is 4.90 Å². The zero-order valence-electron chi connectivity index (χ0n) is 15.4. The van der Waals surface area contributed by atoms with Crippen molar-refractivity contribution < 1.29 is 4.74 Å². The molecule has 0 saturated carbocycles. The molecule has 1 aliphatic heterocycles. The lowest BCUT2D eigenvalue weighted by molar-refractivity contribution is 0.0389. The molecular weight excluding hydrogens is 306 g/mol. The summed E-state index contributed by atoms with van der Waals surface area (Å²) in [5, 5.41) is 15.1. The molecule has 0 aromatic carbocycles. The molecule has 1 fully saturated rings. The number of aliphatic imine (C=N–C) groups is 1. The highest BCUT2D eigenvalue weighted by Crippen LogP contribution is 2.00. The van der Waals surface area contributed by atoms with Gasteiger partial charge in [-0.05, 0) is 20.3 Å². The molecule has 1 aromatic rings. The van der Waals surface area contributed by atoms with Crippen LogP contribution in [0, 0.1) is 6.92 Å². The third-order valence-electron chi connectivity index (χ3n) is 4.38. The van der Waals surface area contributed by atoms with Crippen LogP contribution < -0.4 is 10.6 Å². The van der Waals surface area contributed by atoms with Crippen LogP contribution in [0.1, 0.15) is 31.9 Å². The van der Waals surface area contributed by atoms with Crippen molar-refractivity contribution >= 4 is 5.96 Å². The number of hydrogen-bond donors (Lipinski definition) is 2. The minimum absolute atomic E-state index is 0.376. The Labute approximate surface area is 144 Å². The van der Waals surface area contributed by atoms with Crippen LogP contribution in [0.25, 0.3) is 0 Å². The lowest BCUT2D eigenvalue weighted by Gasteiger charge is -2.27. The Morgan fingerprint density at radius 2 is 2.08 bits per heavy atom. The fourth-order valence-electron chi connectivity index (χ4n) is 2.38. The molecule has 0 aliphatic carbocycles. The van der Waals surface area contributed by atoms with E-state index in [1.165, 1.54) is 0 Å². The molecule has 0 amide bonds. The summed E-state index contributed by atoms with van der Waals surface area (Å²) in [7, 11) is 1.97. The van der Waals surface area contributed by atoms with Crippen molar-refractivity contribution in [2.24, 2.45) is 12.0 Å². The second kappa shape index (κ2) is 9.58. The molecule has 1 aromatic heterocycles. The van der Waals surface area contributed by atoms with Gasteiger partial charge in [0.1, 0.15) is 12.4 Å². The van der Waals surface area contributed by atoms with Crippen LogP contribution in [0.15, 0.2) is 4.99 Å². The average Bonchev–Trinajstić information content (AvgIpc) is 2.92. The lowest BCUT2D eigenvalue weighted by atomic mass is 10.3. The topological polar surface area (TPSA) is 79.6 Å². The summed E-state index contributed by atoms with van der Waals surface area (Å²) < 4.78 is 7.35. The molecule has 0 radical (unpaired) electrons. The van der Waals surface area contributed by atoms with Gasteiger partial charge in [-0.1, -0.05) is 6.92 Å². The molecular formula is C16H31N7O. The zero-order chi connectivity index (χ0) is 17.4. The maximum Gasteiger partial charge on any atom is 0.191 e. The number of ether oxygens (including phenoxy) is 1. The molecule has 1 unspecified atom stereocenters. The smallest absolute Gasteiger partial charge is 0.191 e. The summed E-state index contributed by atoms with van der Waals surface area (Å²) in [6.07, 6.45) is 1.05. The highest BCUT2D eigenvalue weighted by Gasteiger charge is 2.11. The number of rotatable bonds is 7. The number of morpholine rings is 1. The van der Waals surface area contributed by atoms with Crippen molar-refractivity contribution in [1.29, 1.82) is 0 Å². The molecule has 2 heterocycles. The molecule has 0 bridgehead atoms. The van der Waals surface area contributed by atoms with E-state index in [0.717, 1.165) is 63.4 Å². The summed E-state index contributed by atoms with van der Waals surface area (Å²) in [5.74, 6) is 2.60. The van der Waals surface area contributed by atoms with Gasteiger partial charge in [0, 0.05) is 39.3 Å². The molecule has 8 heteroatoms. The SMILES string of the molecule is CCC(C)NC(=NCc1nnc(C)n1C)NCCN1CCOCC1. The van der Waals surface area contributed by atoms with Crippen LogP contribution in [0.5, 0.6) is 0 Å². The summed E-state index contributed by atoms with van der Waals surface area (Å²) in [6.45, 7) is 12.3. The molecule has 1 atom stereocenters. The van der Waals surface area contributed by atoms with E-state index in [0.29, 0.717) is 12.6 Å². The highest BCUT2D eigenvalue weighted by molar-refractivity contribution is 5.80. The summed E-state index contributed by atoms with van der Waals surface area (Å²) in [5.41, 5.74) is 0. The molecule has 136 valence electrons. The second-order valence-electron chi connectivity index (χ2n) is 6.22. The number of guanidine groups is 1. The van der Waals surface area contributed by atoms with Gasteiger partial charge in [0.05, 0.1) is 13.2 Å². The van der Waals surface area contributed by atoms with Crippen LogP contribution in [0.3, 0.4) is 0 Å². The molecule has 24 heavy (non-hydrogen) atoms. The van der Waals surface area contributed by atoms with E-state index < -0.39 is 0 Å². The van der Waals surface area contributed by atoms with Crippen LogP contribution in [-0.4, -0.2) is 71.1 Å². The van der Waals surface area contributed by atoms with Gasteiger partial charge in [-0.2, -0.15) is 0 Å². The monoisotopic (exact) mass is 337 g/mol. The minimum atomic E-state index is 0.376. The normalized spacial score (nSPS) is 17.8. The molecule has 8 nitrogen and oxygen atoms in total. The summed E-state index contributed by atoms with van der Waals surface area (Å²) in [6, 6.07) is 0.376. The number of nitrogens with one attached hydrogen (secondary N) is 2. The number of nitrogens with zero attached hydrogens (tertiary/aromatic N) is 5. The van der Waals surface area contributed by atoms with E-state index in [4.69, 9.17) is 4.74 Å². The predicted octanol–water partition coefficient (Wildman–Crippen LogP) is 0.289. The first-order chi connectivity index (χ1) is 11.6. The van der Waals surface area contributed by atoms with E-state index in [2.05, 4.69) is 44.6 Å². The predicted molar refractivity (Wildman–Crippen MR) is 95.0 cm³/mol. The Morgan fingerprint density at radius 3 is 2.71 bits per heavy atom. The molecule has 2 rings (SSSR count). The number of aryl methyl sites for hydroxylation is 1. The Kier molecular flexibility index (Phi) is 7.45. The Hall–Kier alpha value is -1.67. The number of hydrogen-bond acceptors (Lipinski definition) is 5. The molecule has 2 N–H and O–H groups in total. The fourth-order valence-corrected chi connectivity index (χ4v) is 2.38. The van der Waals surface area contributed by atoms with Gasteiger partial charge < -0.3 is 19.9 Å². The van der Waals surface area contributed by atoms with Gasteiger partial charge in [-0.15, -0.1) is 10.2 Å². The van der Waals surface area contributed by atoms with Crippen molar-refractivity contribution in [2.45, 2.75) is 39.8 Å². The van der Waals surface area contributed by atoms with Crippen molar-refractivity contribution in [3.8, 4) is 0 Å². The van der Waals surface area contributed by atoms with Crippen molar-refractivity contribution in [1.82, 2.24) is 30.3 Å². The fraction of sp³-hybridized carbons (Fsp3) is 0.812. The minimum Gasteiger partial charge on any atom is -0.379 e. The first-order valence-corrected chi connectivity index (χ1v) is 8.80. The molecule has 0 spiro atoms. The van der Waals surface area contributed by atoms with Crippen LogP contribution in [0.4, 0.5) is 0 Å². The van der Waals surface area contributed by atoms with E-state index in [9.17, 15) is 0 Å². The van der Waals surface area contributed by atoms with Crippen molar-refractivity contribution in [2.75, 3.05) is 39.4 Å². The third kappa shape index (κ3) is 5.76. The van der Waals surface area contributed by atoms with E-state index in [-0.39, 0.29) is 0 Å². The van der Waals surface area contributed by atoms with Crippen molar-refractivity contribution in [3.63, 3.8) is 0 Å². The number of aromatic nitrogens is 3. The molecule has 1 aliphatic rings. The summed E-state index contributed by atoms with van der Waals surface area (Å²) >= 11 is 0. The summed E-state index contributed by atoms with van der Waals surface area (Å²) in [4.78, 5) is 7.07. The highest BCUT2D eigenvalue weighted by atomic mass is 16.5. The Morgan fingerprint density at radius 1 is 1.33 bits per heavy atom. The van der Waals surface area contributed by atoms with Gasteiger partial charge in [0.25, 0.3) is 0 Å². The van der Waals surface area contributed by atoms with Gasteiger partial charge in [-0.25, -0.2) is 4.99 Å². The Bertz CT molecular complexity index is 522. The lowest BCUT2D eigenvalue weighted by Crippen LogP contribution is -2.46. The van der Waals surface area contributed by atoms with Crippen molar-refractivity contribution in [3.05, 3.63) is 11.6 Å². The standard InChI is InChI=1S/C16H31N7O/c1-5-13(2)19-16(17-6-7-23-8-10-24-11-9-23)18-12-15-21-20-14(3)22(15)4/h13H,5-12H2,1-4H3,(H2,17,18,19). The average molecular weight is 337 g/mol. The maximum atomic E-state index is 5.38. The first-order valence-electron chi connectivity index (χ1n) is 8.80. The van der Waals surface area contributed by atoms with E-state index in [1.54, 1.807) is 0 Å². The Balaban J connectivity index is 1.88. The quantitative estimate of drug-likeness (QED) is 0.550.